The van der Waals surface area contributed by atoms with Crippen LogP contribution in [0.2, 0.25) is 0 Å². The van der Waals surface area contributed by atoms with Crippen molar-refractivity contribution < 1.29 is 19.1 Å². The lowest BCUT2D eigenvalue weighted by molar-refractivity contribution is -0.120. The van der Waals surface area contributed by atoms with Gasteiger partial charge < -0.3 is 15.4 Å². The highest BCUT2D eigenvalue weighted by atomic mass is 16.5. The molecule has 2 N–H and O–H groups in total. The number of amides is 2. The largest absolute Gasteiger partial charge is 0.462 e. The summed E-state index contributed by atoms with van der Waals surface area (Å²) < 4.78 is 4.93. The van der Waals surface area contributed by atoms with Gasteiger partial charge in [-0.15, -0.1) is 0 Å². The van der Waals surface area contributed by atoms with Crippen LogP contribution in [0, 0.1) is 6.92 Å². The first kappa shape index (κ1) is 19.9. The van der Waals surface area contributed by atoms with Gasteiger partial charge in [-0.2, -0.15) is 0 Å². The number of hydrogen-bond acceptors (Lipinski definition) is 4. The Morgan fingerprint density at radius 1 is 1.04 bits per heavy atom. The zero-order chi connectivity index (χ0) is 19.8. The molecule has 0 aromatic heterocycles. The smallest absolute Gasteiger partial charge is 0.338 e. The van der Waals surface area contributed by atoms with Gasteiger partial charge in [0, 0.05) is 12.6 Å². The first-order chi connectivity index (χ1) is 12.9. The van der Waals surface area contributed by atoms with Gasteiger partial charge in [0.1, 0.15) is 5.70 Å². The van der Waals surface area contributed by atoms with Crippen molar-refractivity contribution in [3.8, 4) is 0 Å². The summed E-state index contributed by atoms with van der Waals surface area (Å²) in [6, 6.07) is 13.9. The van der Waals surface area contributed by atoms with Crippen molar-refractivity contribution in [2.24, 2.45) is 0 Å². The molecule has 0 saturated carbocycles. The molecule has 6 nitrogen and oxygen atoms in total. The minimum absolute atomic E-state index is 0.131. The van der Waals surface area contributed by atoms with Crippen molar-refractivity contribution in [3.63, 3.8) is 0 Å². The number of esters is 1. The number of ether oxygens (including phenoxy) is 1. The molecule has 27 heavy (non-hydrogen) atoms. The van der Waals surface area contributed by atoms with Gasteiger partial charge in [0.05, 0.1) is 12.2 Å². The number of nitrogens with one attached hydrogen (secondary N) is 2. The molecule has 2 aromatic carbocycles. The molecule has 2 aromatic rings. The lowest BCUT2D eigenvalue weighted by Crippen LogP contribution is -2.29. The van der Waals surface area contributed by atoms with Crippen molar-refractivity contribution in [1.29, 1.82) is 0 Å². The Morgan fingerprint density at radius 3 is 2.30 bits per heavy atom. The molecule has 0 spiro atoms. The molecule has 2 amide bonds. The highest BCUT2D eigenvalue weighted by Gasteiger charge is 2.13. The topological polar surface area (TPSA) is 84.5 Å². The highest BCUT2D eigenvalue weighted by Crippen LogP contribution is 2.14. The molecule has 0 aliphatic rings. The third-order valence-electron chi connectivity index (χ3n) is 3.70. The van der Waals surface area contributed by atoms with E-state index in [1.165, 1.54) is 6.92 Å². The van der Waals surface area contributed by atoms with Gasteiger partial charge in [0.25, 0.3) is 5.91 Å². The van der Waals surface area contributed by atoms with Gasteiger partial charge in [-0.05, 0) is 55.3 Å². The average molecular weight is 366 g/mol. The second-order valence-corrected chi connectivity index (χ2v) is 5.85. The summed E-state index contributed by atoms with van der Waals surface area (Å²) in [7, 11) is 0. The summed E-state index contributed by atoms with van der Waals surface area (Å²) in [5, 5.41) is 5.27. The van der Waals surface area contributed by atoms with Gasteiger partial charge in [-0.1, -0.05) is 24.3 Å². The maximum absolute atomic E-state index is 12.6. The van der Waals surface area contributed by atoms with E-state index in [1.54, 1.807) is 37.3 Å². The fourth-order valence-electron chi connectivity index (χ4n) is 2.35. The summed E-state index contributed by atoms with van der Waals surface area (Å²) in [5.41, 5.74) is 2.83. The number of carbonyl (C=O) groups excluding carboxylic acids is 3. The van der Waals surface area contributed by atoms with Crippen LogP contribution in [0.15, 0.2) is 54.2 Å². The van der Waals surface area contributed by atoms with Gasteiger partial charge in [0.15, 0.2) is 0 Å². The van der Waals surface area contributed by atoms with Gasteiger partial charge in [-0.3, -0.25) is 9.59 Å². The second kappa shape index (κ2) is 9.33. The van der Waals surface area contributed by atoms with E-state index < -0.39 is 11.9 Å². The first-order valence-electron chi connectivity index (χ1n) is 8.54. The van der Waals surface area contributed by atoms with E-state index >= 15 is 0 Å². The number of anilines is 1. The number of carbonyl (C=O) groups is 3. The molecule has 0 saturated heterocycles. The lowest BCUT2D eigenvalue weighted by atomic mass is 10.1. The monoisotopic (exact) mass is 366 g/mol. The summed E-state index contributed by atoms with van der Waals surface area (Å²) in [4.78, 5) is 35.8. The zero-order valence-electron chi connectivity index (χ0n) is 15.5. The summed E-state index contributed by atoms with van der Waals surface area (Å²) in [6.45, 7) is 5.29. The van der Waals surface area contributed by atoms with E-state index in [4.69, 9.17) is 4.74 Å². The van der Waals surface area contributed by atoms with Crippen molar-refractivity contribution in [2.45, 2.75) is 20.8 Å². The van der Waals surface area contributed by atoms with Crippen LogP contribution >= 0.6 is 0 Å². The van der Waals surface area contributed by atoms with Crippen molar-refractivity contribution in [3.05, 3.63) is 70.9 Å². The Kier molecular flexibility index (Phi) is 6.88. The van der Waals surface area contributed by atoms with E-state index in [-0.39, 0.29) is 11.6 Å². The van der Waals surface area contributed by atoms with Crippen LogP contribution < -0.4 is 10.6 Å². The molecule has 0 heterocycles. The van der Waals surface area contributed by atoms with Crippen LogP contribution in [0.25, 0.3) is 6.08 Å². The number of rotatable bonds is 6. The van der Waals surface area contributed by atoms with E-state index in [0.29, 0.717) is 17.9 Å². The average Bonchev–Trinajstić information content (AvgIpc) is 2.63. The molecule has 0 aliphatic heterocycles. The Labute approximate surface area is 158 Å². The standard InChI is InChI=1S/C21H22N2O4/c1-4-27-21(26)16-9-11-18(12-10-16)23-20(25)19(22-15(3)24)13-17-8-6-5-7-14(17)2/h5-13H,4H2,1-3H3,(H,22,24)(H,23,25)/b19-13-. The molecular formula is C21H22N2O4. The Balaban J connectivity index is 2.20. The lowest BCUT2D eigenvalue weighted by Gasteiger charge is -2.11. The fourth-order valence-corrected chi connectivity index (χ4v) is 2.35. The summed E-state index contributed by atoms with van der Waals surface area (Å²) in [5.74, 6) is -1.23. The molecule has 2 rings (SSSR count). The SMILES string of the molecule is CCOC(=O)c1ccc(NC(=O)/C(=C/c2ccccc2C)NC(C)=O)cc1. The van der Waals surface area contributed by atoms with Gasteiger partial charge in [-0.25, -0.2) is 4.79 Å². The molecule has 6 heteroatoms. The molecule has 0 bridgehead atoms. The quantitative estimate of drug-likeness (QED) is 0.607. The zero-order valence-corrected chi connectivity index (χ0v) is 15.5. The van der Waals surface area contributed by atoms with Crippen LogP contribution in [0.1, 0.15) is 35.3 Å². The van der Waals surface area contributed by atoms with E-state index in [2.05, 4.69) is 10.6 Å². The molecule has 0 unspecified atom stereocenters. The molecule has 0 fully saturated rings. The van der Waals surface area contributed by atoms with Crippen LogP contribution in [0.4, 0.5) is 5.69 Å². The van der Waals surface area contributed by atoms with Crippen LogP contribution in [-0.4, -0.2) is 24.4 Å². The Hall–Kier alpha value is -3.41. The van der Waals surface area contributed by atoms with Gasteiger partial charge >= 0.3 is 5.97 Å². The van der Waals surface area contributed by atoms with Gasteiger partial charge in [0.2, 0.25) is 5.91 Å². The van der Waals surface area contributed by atoms with E-state index in [0.717, 1.165) is 11.1 Å². The maximum Gasteiger partial charge on any atom is 0.338 e. The van der Waals surface area contributed by atoms with Crippen molar-refractivity contribution in [1.82, 2.24) is 5.32 Å². The second-order valence-electron chi connectivity index (χ2n) is 5.85. The van der Waals surface area contributed by atoms with Crippen LogP contribution in [0.5, 0.6) is 0 Å². The summed E-state index contributed by atoms with van der Waals surface area (Å²) in [6.07, 6.45) is 1.62. The Morgan fingerprint density at radius 2 is 1.70 bits per heavy atom. The predicted molar refractivity (Wildman–Crippen MR) is 104 cm³/mol. The first-order valence-corrected chi connectivity index (χ1v) is 8.54. The molecule has 0 atom stereocenters. The number of benzene rings is 2. The third kappa shape index (κ3) is 5.81. The molecular weight excluding hydrogens is 344 g/mol. The minimum Gasteiger partial charge on any atom is -0.462 e. The maximum atomic E-state index is 12.6. The van der Waals surface area contributed by atoms with E-state index in [1.807, 2.05) is 31.2 Å². The summed E-state index contributed by atoms with van der Waals surface area (Å²) >= 11 is 0. The van der Waals surface area contributed by atoms with Crippen LogP contribution in [-0.2, 0) is 14.3 Å². The molecule has 140 valence electrons. The minimum atomic E-state index is -0.461. The Bertz CT molecular complexity index is 870. The molecule has 0 aliphatic carbocycles. The third-order valence-corrected chi connectivity index (χ3v) is 3.70. The number of aryl methyl sites for hydroxylation is 1. The van der Waals surface area contributed by atoms with E-state index in [9.17, 15) is 14.4 Å². The van der Waals surface area contributed by atoms with Crippen molar-refractivity contribution in [2.75, 3.05) is 11.9 Å². The van der Waals surface area contributed by atoms with Crippen LogP contribution in [0.3, 0.4) is 0 Å². The van der Waals surface area contributed by atoms with Crippen molar-refractivity contribution >= 4 is 29.5 Å². The normalized spacial score (nSPS) is 10.9. The predicted octanol–water partition coefficient (Wildman–Crippen LogP) is 3.29. The molecule has 0 radical (unpaired) electrons. The highest BCUT2D eigenvalue weighted by molar-refractivity contribution is 6.08. The fraction of sp³-hybridized carbons (Fsp3) is 0.190. The number of hydrogen-bond donors (Lipinski definition) is 2.